The number of fused-ring (bicyclic) bond motifs is 1. The summed E-state index contributed by atoms with van der Waals surface area (Å²) in [5.41, 5.74) is 6.40. The fourth-order valence-electron chi connectivity index (χ4n) is 2.57. The number of imidazole rings is 1. The van der Waals surface area contributed by atoms with Gasteiger partial charge in [-0.1, -0.05) is 60.1 Å². The Morgan fingerprint density at radius 1 is 0.926 bits per heavy atom. The molecule has 5 nitrogen and oxygen atoms in total. The lowest BCUT2D eigenvalue weighted by molar-refractivity contribution is 1.01. The van der Waals surface area contributed by atoms with Crippen LogP contribution in [0, 0.1) is 0 Å². The highest BCUT2D eigenvalue weighted by Crippen LogP contribution is 2.15. The molecule has 27 heavy (non-hydrogen) atoms. The zero-order valence-electron chi connectivity index (χ0n) is 14.3. The Hall–Kier alpha value is -3.44. The van der Waals surface area contributed by atoms with Crippen molar-refractivity contribution in [3.05, 3.63) is 95.3 Å². The van der Waals surface area contributed by atoms with Crippen LogP contribution in [0.25, 0.3) is 11.0 Å². The number of nitrogens with zero attached hydrogens (tertiary/aromatic N) is 3. The Labute approximate surface area is 161 Å². The van der Waals surface area contributed by atoms with Crippen LogP contribution in [0.15, 0.2) is 89.0 Å². The number of para-hydroxylation sites is 3. The van der Waals surface area contributed by atoms with Crippen molar-refractivity contribution in [2.24, 2.45) is 10.1 Å². The number of halogens is 1. The minimum absolute atomic E-state index is 0.515. The summed E-state index contributed by atoms with van der Waals surface area (Å²) in [7, 11) is 0. The van der Waals surface area contributed by atoms with Crippen LogP contribution in [-0.4, -0.2) is 22.0 Å². The molecule has 2 N–H and O–H groups in total. The third kappa shape index (κ3) is 4.04. The number of nitrogens with one attached hydrogen (secondary N) is 2. The summed E-state index contributed by atoms with van der Waals surface area (Å²) >= 11 is 6.17. The fourth-order valence-corrected chi connectivity index (χ4v) is 2.75. The van der Waals surface area contributed by atoms with Crippen LogP contribution >= 0.6 is 11.6 Å². The number of aromatic nitrogens is 2. The van der Waals surface area contributed by atoms with Gasteiger partial charge in [-0.05, 0) is 30.3 Å². The van der Waals surface area contributed by atoms with Gasteiger partial charge in [0.1, 0.15) is 0 Å². The van der Waals surface area contributed by atoms with Crippen molar-refractivity contribution in [2.45, 2.75) is 0 Å². The summed E-state index contributed by atoms with van der Waals surface area (Å²) < 4.78 is 0. The van der Waals surface area contributed by atoms with Gasteiger partial charge in [-0.25, -0.2) is 9.98 Å². The van der Waals surface area contributed by atoms with Crippen molar-refractivity contribution < 1.29 is 0 Å². The number of amidine groups is 1. The van der Waals surface area contributed by atoms with Crippen LogP contribution in [0.3, 0.4) is 0 Å². The molecule has 0 radical (unpaired) electrons. The molecular formula is C21H16ClN5. The highest BCUT2D eigenvalue weighted by molar-refractivity contribution is 6.33. The van der Waals surface area contributed by atoms with E-state index in [1.165, 1.54) is 0 Å². The zero-order valence-corrected chi connectivity index (χ0v) is 15.1. The van der Waals surface area contributed by atoms with Crippen LogP contribution in [0.1, 0.15) is 11.4 Å². The van der Waals surface area contributed by atoms with Crippen molar-refractivity contribution in [1.29, 1.82) is 0 Å². The van der Waals surface area contributed by atoms with Crippen LogP contribution in [0.4, 0.5) is 5.69 Å². The van der Waals surface area contributed by atoms with Gasteiger partial charge in [0.05, 0.1) is 22.9 Å². The molecule has 0 saturated carbocycles. The minimum Gasteiger partial charge on any atom is -0.335 e. The van der Waals surface area contributed by atoms with Crippen LogP contribution in [0.5, 0.6) is 0 Å². The van der Waals surface area contributed by atoms with Gasteiger partial charge in [-0.2, -0.15) is 5.10 Å². The highest BCUT2D eigenvalue weighted by Gasteiger charge is 2.09. The molecule has 0 saturated heterocycles. The van der Waals surface area contributed by atoms with Crippen molar-refractivity contribution >= 4 is 40.4 Å². The Balaban J connectivity index is 1.68. The smallest absolute Gasteiger partial charge is 0.190 e. The van der Waals surface area contributed by atoms with Gasteiger partial charge >= 0.3 is 0 Å². The van der Waals surface area contributed by atoms with Gasteiger partial charge in [-0.3, -0.25) is 5.43 Å². The molecule has 0 unspecified atom stereocenters. The summed E-state index contributed by atoms with van der Waals surface area (Å²) in [4.78, 5) is 12.5. The Morgan fingerprint density at radius 2 is 1.67 bits per heavy atom. The molecular weight excluding hydrogens is 358 g/mol. The van der Waals surface area contributed by atoms with E-state index >= 15 is 0 Å². The quantitative estimate of drug-likeness (QED) is 0.303. The summed E-state index contributed by atoms with van der Waals surface area (Å²) in [5.74, 6) is 1.12. The van der Waals surface area contributed by atoms with Crippen molar-refractivity contribution in [3.63, 3.8) is 0 Å². The molecule has 0 aliphatic rings. The highest BCUT2D eigenvalue weighted by atomic mass is 35.5. The second-order valence-corrected chi connectivity index (χ2v) is 6.20. The first kappa shape index (κ1) is 17.0. The van der Waals surface area contributed by atoms with Crippen molar-refractivity contribution in [1.82, 2.24) is 15.4 Å². The molecule has 1 heterocycles. The number of benzene rings is 3. The van der Waals surface area contributed by atoms with Gasteiger partial charge in [0.2, 0.25) is 0 Å². The molecule has 0 aliphatic heterocycles. The average molecular weight is 374 g/mol. The van der Waals surface area contributed by atoms with E-state index in [4.69, 9.17) is 11.6 Å². The molecule has 0 spiro atoms. The second-order valence-electron chi connectivity index (χ2n) is 5.79. The first-order chi connectivity index (χ1) is 13.3. The summed E-state index contributed by atoms with van der Waals surface area (Å²) in [6.07, 6.45) is 1.66. The Bertz CT molecular complexity index is 1080. The minimum atomic E-state index is 0.515. The van der Waals surface area contributed by atoms with E-state index < -0.39 is 0 Å². The molecule has 6 heteroatoms. The van der Waals surface area contributed by atoms with Gasteiger partial charge in [0.25, 0.3) is 0 Å². The maximum absolute atomic E-state index is 6.17. The number of H-pyrrole nitrogens is 1. The topological polar surface area (TPSA) is 65.4 Å². The predicted molar refractivity (Wildman–Crippen MR) is 111 cm³/mol. The normalized spacial score (nSPS) is 12.0. The van der Waals surface area contributed by atoms with E-state index in [0.717, 1.165) is 22.3 Å². The maximum atomic E-state index is 6.17. The lowest BCUT2D eigenvalue weighted by atomic mass is 10.2. The zero-order chi connectivity index (χ0) is 18.5. The molecule has 4 rings (SSSR count). The third-order valence-corrected chi connectivity index (χ3v) is 4.23. The number of rotatable bonds is 4. The van der Waals surface area contributed by atoms with E-state index in [-0.39, 0.29) is 0 Å². The Morgan fingerprint density at radius 3 is 2.48 bits per heavy atom. The third-order valence-electron chi connectivity index (χ3n) is 3.89. The lowest BCUT2D eigenvalue weighted by Gasteiger charge is -2.03. The van der Waals surface area contributed by atoms with Crippen LogP contribution < -0.4 is 5.43 Å². The van der Waals surface area contributed by atoms with Crippen LogP contribution in [0.2, 0.25) is 5.02 Å². The molecule has 3 aromatic carbocycles. The van der Waals surface area contributed by atoms with Gasteiger partial charge in [0, 0.05) is 10.6 Å². The van der Waals surface area contributed by atoms with Gasteiger partial charge in [0.15, 0.2) is 11.7 Å². The first-order valence-electron chi connectivity index (χ1n) is 8.42. The van der Waals surface area contributed by atoms with E-state index in [1.807, 2.05) is 78.9 Å². The van der Waals surface area contributed by atoms with Gasteiger partial charge in [-0.15, -0.1) is 0 Å². The number of hydrazone groups is 1. The first-order valence-corrected chi connectivity index (χ1v) is 8.80. The predicted octanol–water partition coefficient (Wildman–Crippen LogP) is 4.92. The number of hydrogen-bond donors (Lipinski definition) is 2. The monoisotopic (exact) mass is 373 g/mol. The number of aromatic amines is 1. The van der Waals surface area contributed by atoms with Crippen LogP contribution in [-0.2, 0) is 0 Å². The van der Waals surface area contributed by atoms with E-state index in [1.54, 1.807) is 6.21 Å². The molecule has 1 aromatic heterocycles. The van der Waals surface area contributed by atoms with Crippen molar-refractivity contribution in [3.8, 4) is 0 Å². The molecule has 0 bridgehead atoms. The van der Waals surface area contributed by atoms with E-state index in [9.17, 15) is 0 Å². The second kappa shape index (κ2) is 7.85. The SMILES string of the molecule is Clc1ccccc1/C=N/NC(=Nc1ccccc1)c1nc2ccccc2[nH]1. The fraction of sp³-hybridized carbons (Fsp3) is 0. The van der Waals surface area contributed by atoms with Crippen molar-refractivity contribution in [2.75, 3.05) is 0 Å². The number of hydrogen-bond acceptors (Lipinski definition) is 3. The molecule has 0 aliphatic carbocycles. The largest absolute Gasteiger partial charge is 0.335 e. The van der Waals surface area contributed by atoms with E-state index in [2.05, 4.69) is 25.5 Å². The average Bonchev–Trinajstić information content (AvgIpc) is 3.13. The van der Waals surface area contributed by atoms with Gasteiger partial charge < -0.3 is 4.98 Å². The molecule has 0 fully saturated rings. The Kier molecular flexibility index (Phi) is 4.94. The molecule has 132 valence electrons. The summed E-state index contributed by atoms with van der Waals surface area (Å²) in [6.45, 7) is 0. The molecule has 4 aromatic rings. The standard InChI is InChI=1S/C21H16ClN5/c22-17-11-5-4-8-15(17)14-23-27-21(24-16-9-2-1-3-10-16)20-25-18-12-6-7-13-19(18)26-20/h1-14H,(H,24,27)(H,25,26)/b23-14+. The summed E-state index contributed by atoms with van der Waals surface area (Å²) in [5, 5.41) is 4.93. The maximum Gasteiger partial charge on any atom is 0.190 e. The molecule has 0 amide bonds. The van der Waals surface area contributed by atoms with E-state index in [0.29, 0.717) is 16.7 Å². The summed E-state index contributed by atoms with van der Waals surface area (Å²) in [6, 6.07) is 25.0. The molecule has 0 atom stereocenters. The number of aliphatic imine (C=N–C) groups is 1. The lowest BCUT2D eigenvalue weighted by Crippen LogP contribution is -2.20.